The van der Waals surface area contributed by atoms with Gasteiger partial charge in [-0.15, -0.1) is 0 Å². The monoisotopic (exact) mass is 478 g/mol. The summed E-state index contributed by atoms with van der Waals surface area (Å²) in [6, 6.07) is 17.5. The zero-order valence-electron chi connectivity index (χ0n) is 16.4. The minimum atomic E-state index is -3.94. The number of carbonyl (C=O) groups excluding carboxylic acids is 1. The predicted molar refractivity (Wildman–Crippen MR) is 121 cm³/mol. The molecule has 0 aromatic heterocycles. The number of carbonyl (C=O) groups is 1. The standard InChI is InChI=1S/C21H19ClN2O5S2/c1-2-30(26,27)17-13-9-16(10-14-17)23-21(25)19-5-3-4-6-20(19)24-31(28,29)18-11-7-15(22)8-12-18/h3-14,24H,2H2,1H3,(H,23,25). The second-order valence-electron chi connectivity index (χ2n) is 6.49. The highest BCUT2D eigenvalue weighted by Gasteiger charge is 2.19. The summed E-state index contributed by atoms with van der Waals surface area (Å²) in [6.07, 6.45) is 0. The molecule has 0 aliphatic heterocycles. The first kappa shape index (κ1) is 22.8. The van der Waals surface area contributed by atoms with Crippen LogP contribution in [0.4, 0.5) is 11.4 Å². The first-order valence-corrected chi connectivity index (χ1v) is 12.7. The molecule has 0 saturated carbocycles. The maximum absolute atomic E-state index is 12.8. The van der Waals surface area contributed by atoms with Crippen LogP contribution in [0.1, 0.15) is 17.3 Å². The number of hydrogen-bond acceptors (Lipinski definition) is 5. The molecule has 10 heteroatoms. The Labute approximate surface area is 186 Å². The van der Waals surface area contributed by atoms with Crippen molar-refractivity contribution in [1.29, 1.82) is 0 Å². The van der Waals surface area contributed by atoms with Gasteiger partial charge in [0, 0.05) is 10.7 Å². The van der Waals surface area contributed by atoms with E-state index in [0.717, 1.165) is 0 Å². The van der Waals surface area contributed by atoms with Gasteiger partial charge in [0.25, 0.3) is 15.9 Å². The van der Waals surface area contributed by atoms with Crippen LogP contribution < -0.4 is 10.0 Å². The first-order valence-electron chi connectivity index (χ1n) is 9.14. The summed E-state index contributed by atoms with van der Waals surface area (Å²) in [4.78, 5) is 12.9. The van der Waals surface area contributed by atoms with Crippen LogP contribution in [-0.2, 0) is 19.9 Å². The zero-order chi connectivity index (χ0) is 22.6. The van der Waals surface area contributed by atoms with Crippen molar-refractivity contribution in [2.24, 2.45) is 0 Å². The average molecular weight is 479 g/mol. The second-order valence-corrected chi connectivity index (χ2v) is 10.9. The molecule has 0 atom stereocenters. The van der Waals surface area contributed by atoms with Gasteiger partial charge in [0.15, 0.2) is 9.84 Å². The Morgan fingerprint density at radius 2 is 1.42 bits per heavy atom. The van der Waals surface area contributed by atoms with Gasteiger partial charge in [0.05, 0.1) is 26.8 Å². The number of amides is 1. The first-order chi connectivity index (χ1) is 14.6. The maximum atomic E-state index is 12.8. The van der Waals surface area contributed by atoms with Crippen molar-refractivity contribution in [2.75, 3.05) is 15.8 Å². The van der Waals surface area contributed by atoms with Gasteiger partial charge >= 0.3 is 0 Å². The van der Waals surface area contributed by atoms with E-state index in [2.05, 4.69) is 10.0 Å². The summed E-state index contributed by atoms with van der Waals surface area (Å²) in [7, 11) is -7.29. The van der Waals surface area contributed by atoms with Crippen LogP contribution in [0.15, 0.2) is 82.6 Å². The van der Waals surface area contributed by atoms with Gasteiger partial charge in [-0.1, -0.05) is 30.7 Å². The minimum absolute atomic E-state index is 0.000154. The van der Waals surface area contributed by atoms with Crippen LogP contribution in [0.5, 0.6) is 0 Å². The topological polar surface area (TPSA) is 109 Å². The lowest BCUT2D eigenvalue weighted by atomic mass is 10.1. The minimum Gasteiger partial charge on any atom is -0.322 e. The molecule has 0 unspecified atom stereocenters. The molecule has 2 N–H and O–H groups in total. The molecule has 0 aliphatic carbocycles. The van der Waals surface area contributed by atoms with E-state index in [-0.39, 0.29) is 26.8 Å². The summed E-state index contributed by atoms with van der Waals surface area (Å²) in [5.74, 6) is -0.583. The average Bonchev–Trinajstić information content (AvgIpc) is 2.74. The molecule has 0 heterocycles. The summed E-state index contributed by atoms with van der Waals surface area (Å²) < 4.78 is 51.6. The zero-order valence-corrected chi connectivity index (χ0v) is 18.8. The van der Waals surface area contributed by atoms with E-state index >= 15 is 0 Å². The van der Waals surface area contributed by atoms with Gasteiger partial charge in [-0.2, -0.15) is 0 Å². The van der Waals surface area contributed by atoms with Crippen molar-refractivity contribution in [3.8, 4) is 0 Å². The summed E-state index contributed by atoms with van der Waals surface area (Å²) in [5, 5.41) is 3.04. The molecule has 1 amide bonds. The van der Waals surface area contributed by atoms with E-state index in [1.165, 1.54) is 60.7 Å². The quantitative estimate of drug-likeness (QED) is 0.529. The Hall–Kier alpha value is -2.88. The number of para-hydroxylation sites is 1. The Kier molecular flexibility index (Phi) is 6.68. The molecule has 0 bridgehead atoms. The highest BCUT2D eigenvalue weighted by molar-refractivity contribution is 7.92. The molecule has 3 aromatic carbocycles. The van der Waals surface area contributed by atoms with Gasteiger partial charge < -0.3 is 5.32 Å². The smallest absolute Gasteiger partial charge is 0.261 e. The van der Waals surface area contributed by atoms with Crippen LogP contribution in [0.2, 0.25) is 5.02 Å². The molecular weight excluding hydrogens is 460 g/mol. The van der Waals surface area contributed by atoms with Crippen molar-refractivity contribution < 1.29 is 21.6 Å². The predicted octanol–water partition coefficient (Wildman–Crippen LogP) is 4.19. The molecule has 3 aromatic rings. The molecule has 31 heavy (non-hydrogen) atoms. The van der Waals surface area contributed by atoms with Gasteiger partial charge in [-0.05, 0) is 60.7 Å². The third kappa shape index (κ3) is 5.43. The lowest BCUT2D eigenvalue weighted by Gasteiger charge is -2.13. The van der Waals surface area contributed by atoms with Gasteiger partial charge in [-0.3, -0.25) is 9.52 Å². The lowest BCUT2D eigenvalue weighted by molar-refractivity contribution is 0.102. The van der Waals surface area contributed by atoms with Crippen molar-refractivity contribution >= 4 is 48.7 Å². The second kappa shape index (κ2) is 9.09. The van der Waals surface area contributed by atoms with Crippen LogP contribution in [0, 0.1) is 0 Å². The molecule has 7 nitrogen and oxygen atoms in total. The number of benzene rings is 3. The molecule has 0 fully saturated rings. The van der Waals surface area contributed by atoms with E-state index in [1.807, 2.05) is 0 Å². The number of hydrogen-bond donors (Lipinski definition) is 2. The fraction of sp³-hybridized carbons (Fsp3) is 0.0952. The van der Waals surface area contributed by atoms with E-state index in [9.17, 15) is 21.6 Å². The van der Waals surface area contributed by atoms with E-state index in [0.29, 0.717) is 10.7 Å². The number of sulfone groups is 1. The molecule has 0 saturated heterocycles. The van der Waals surface area contributed by atoms with Gasteiger partial charge in [0.1, 0.15) is 0 Å². The molecule has 3 rings (SSSR count). The van der Waals surface area contributed by atoms with Crippen LogP contribution in [0.3, 0.4) is 0 Å². The van der Waals surface area contributed by atoms with Crippen molar-refractivity contribution in [3.63, 3.8) is 0 Å². The number of anilines is 2. The normalized spacial score (nSPS) is 11.7. The third-order valence-electron chi connectivity index (χ3n) is 4.39. The van der Waals surface area contributed by atoms with Crippen molar-refractivity contribution in [2.45, 2.75) is 16.7 Å². The lowest BCUT2D eigenvalue weighted by Crippen LogP contribution is -2.18. The van der Waals surface area contributed by atoms with Gasteiger partial charge in [0.2, 0.25) is 0 Å². The Morgan fingerprint density at radius 1 is 0.839 bits per heavy atom. The van der Waals surface area contributed by atoms with E-state index in [1.54, 1.807) is 19.1 Å². The molecule has 162 valence electrons. The molecule has 0 spiro atoms. The van der Waals surface area contributed by atoms with Crippen LogP contribution in [0.25, 0.3) is 0 Å². The number of rotatable bonds is 7. The molecule has 0 aliphatic rings. The Bertz CT molecular complexity index is 1300. The number of halogens is 1. The van der Waals surface area contributed by atoms with Crippen molar-refractivity contribution in [3.05, 3.63) is 83.4 Å². The fourth-order valence-electron chi connectivity index (χ4n) is 2.70. The SMILES string of the molecule is CCS(=O)(=O)c1ccc(NC(=O)c2ccccc2NS(=O)(=O)c2ccc(Cl)cc2)cc1. The Balaban J connectivity index is 1.83. The van der Waals surface area contributed by atoms with Crippen LogP contribution >= 0.6 is 11.6 Å². The van der Waals surface area contributed by atoms with Crippen molar-refractivity contribution in [1.82, 2.24) is 0 Å². The number of nitrogens with one attached hydrogen (secondary N) is 2. The van der Waals surface area contributed by atoms with Gasteiger partial charge in [-0.25, -0.2) is 16.8 Å². The molecular formula is C21H19ClN2O5S2. The highest BCUT2D eigenvalue weighted by Crippen LogP contribution is 2.23. The summed E-state index contributed by atoms with van der Waals surface area (Å²) in [6.45, 7) is 1.55. The van der Waals surface area contributed by atoms with Crippen LogP contribution in [-0.4, -0.2) is 28.5 Å². The number of sulfonamides is 1. The highest BCUT2D eigenvalue weighted by atomic mass is 35.5. The summed E-state index contributed by atoms with van der Waals surface area (Å²) in [5.41, 5.74) is 0.570. The third-order valence-corrected chi connectivity index (χ3v) is 7.78. The van der Waals surface area contributed by atoms with E-state index < -0.39 is 25.8 Å². The Morgan fingerprint density at radius 3 is 2.03 bits per heavy atom. The largest absolute Gasteiger partial charge is 0.322 e. The van der Waals surface area contributed by atoms with E-state index in [4.69, 9.17) is 11.6 Å². The fourth-order valence-corrected chi connectivity index (χ4v) is 4.79. The summed E-state index contributed by atoms with van der Waals surface area (Å²) >= 11 is 5.81. The molecule has 0 radical (unpaired) electrons. The maximum Gasteiger partial charge on any atom is 0.261 e.